The molecule has 1 aromatic carbocycles. The number of nitrogens with zero attached hydrogens (tertiary/aromatic N) is 1. The Morgan fingerprint density at radius 3 is 2.16 bits per heavy atom. The number of esters is 1. The lowest BCUT2D eigenvalue weighted by molar-refractivity contribution is -1.00. The van der Waals surface area contributed by atoms with E-state index < -0.39 is 15.6 Å². The number of carbonyl (C=O) groups is 1. The standard InChI is InChI=1S/C14H18NO2.CHF3O3S/c1-15(11-12-5-3-2-4-6-12)9-7-14(15)8-10-17-13(14)16;2-1(3,4)8(5,6)7/h2-6H,7-11H2,1H3;(H,5,6,7)/q+1;/p-1. The first kappa shape index (κ1) is 19.7. The van der Waals surface area contributed by atoms with Gasteiger partial charge in [-0.15, -0.1) is 0 Å². The molecule has 2 aliphatic rings. The van der Waals surface area contributed by atoms with Gasteiger partial charge in [0.2, 0.25) is 5.54 Å². The molecular formula is C15H18F3NO5S. The molecule has 1 aromatic rings. The van der Waals surface area contributed by atoms with Crippen LogP contribution in [0.2, 0.25) is 0 Å². The molecule has 2 saturated heterocycles. The van der Waals surface area contributed by atoms with Crippen molar-refractivity contribution in [2.75, 3.05) is 20.2 Å². The lowest BCUT2D eigenvalue weighted by Gasteiger charge is -2.55. The minimum atomic E-state index is -6.09. The molecule has 10 heteroatoms. The maximum atomic E-state index is 11.9. The van der Waals surface area contributed by atoms with Crippen molar-refractivity contribution in [3.05, 3.63) is 35.9 Å². The van der Waals surface area contributed by atoms with Crippen LogP contribution in [0.1, 0.15) is 18.4 Å². The van der Waals surface area contributed by atoms with E-state index in [1.807, 2.05) is 6.07 Å². The molecule has 2 fully saturated rings. The number of likely N-dealkylation sites (tertiary alicyclic amines) is 1. The van der Waals surface area contributed by atoms with Crippen molar-refractivity contribution >= 4 is 16.1 Å². The van der Waals surface area contributed by atoms with Gasteiger partial charge in [-0.2, -0.15) is 13.2 Å². The lowest BCUT2D eigenvalue weighted by Crippen LogP contribution is -2.73. The zero-order valence-corrected chi connectivity index (χ0v) is 14.3. The van der Waals surface area contributed by atoms with Crippen molar-refractivity contribution in [3.63, 3.8) is 0 Å². The Morgan fingerprint density at radius 1 is 1.24 bits per heavy atom. The van der Waals surface area contributed by atoms with Crippen LogP contribution < -0.4 is 0 Å². The van der Waals surface area contributed by atoms with Gasteiger partial charge in [-0.1, -0.05) is 30.3 Å². The van der Waals surface area contributed by atoms with Crippen molar-refractivity contribution in [1.29, 1.82) is 0 Å². The average Bonchev–Trinajstić information content (AvgIpc) is 2.90. The Labute approximate surface area is 143 Å². The second kappa shape index (κ2) is 6.58. The van der Waals surface area contributed by atoms with Gasteiger partial charge in [0.15, 0.2) is 10.1 Å². The van der Waals surface area contributed by atoms with Crippen LogP contribution in [0.15, 0.2) is 30.3 Å². The molecule has 2 atom stereocenters. The zero-order chi connectivity index (χ0) is 18.9. The highest BCUT2D eigenvalue weighted by Gasteiger charge is 2.65. The predicted octanol–water partition coefficient (Wildman–Crippen LogP) is 1.77. The fraction of sp³-hybridized carbons (Fsp3) is 0.533. The molecule has 0 radical (unpaired) electrons. The predicted molar refractivity (Wildman–Crippen MR) is 79.9 cm³/mol. The summed E-state index contributed by atoms with van der Waals surface area (Å²) < 4.78 is 64.9. The van der Waals surface area contributed by atoms with E-state index >= 15 is 0 Å². The van der Waals surface area contributed by atoms with Gasteiger partial charge >= 0.3 is 11.5 Å². The van der Waals surface area contributed by atoms with Crippen LogP contribution in [-0.4, -0.2) is 54.7 Å². The normalized spacial score (nSPS) is 28.8. The zero-order valence-electron chi connectivity index (χ0n) is 13.5. The summed E-state index contributed by atoms with van der Waals surface area (Å²) in [4.78, 5) is 11.9. The molecule has 0 N–H and O–H groups in total. The summed E-state index contributed by atoms with van der Waals surface area (Å²) in [6.07, 6.45) is 1.87. The minimum Gasteiger partial charge on any atom is -0.741 e. The molecule has 0 amide bonds. The number of alkyl halides is 3. The summed E-state index contributed by atoms with van der Waals surface area (Å²) in [6, 6.07) is 10.4. The largest absolute Gasteiger partial charge is 0.741 e. The molecule has 0 aliphatic carbocycles. The highest BCUT2D eigenvalue weighted by molar-refractivity contribution is 7.86. The van der Waals surface area contributed by atoms with Crippen molar-refractivity contribution in [1.82, 2.24) is 0 Å². The molecule has 6 nitrogen and oxygen atoms in total. The number of quaternary nitrogens is 1. The van der Waals surface area contributed by atoms with E-state index in [0.29, 0.717) is 6.61 Å². The van der Waals surface area contributed by atoms with Crippen molar-refractivity contribution in [3.8, 4) is 0 Å². The number of rotatable bonds is 2. The first-order valence-corrected chi connectivity index (χ1v) is 8.90. The molecule has 140 valence electrons. The van der Waals surface area contributed by atoms with Gasteiger partial charge in [0.25, 0.3) is 0 Å². The van der Waals surface area contributed by atoms with Crippen molar-refractivity contribution < 1.29 is 40.2 Å². The van der Waals surface area contributed by atoms with E-state index in [2.05, 4.69) is 31.3 Å². The SMILES string of the molecule is C[N+]1(Cc2ccccc2)CCC12CCOC2=O.O=S(=O)([O-])C(F)(F)F. The van der Waals surface area contributed by atoms with Gasteiger partial charge in [-0.25, -0.2) is 13.2 Å². The van der Waals surface area contributed by atoms with Crippen LogP contribution in [0.5, 0.6) is 0 Å². The molecule has 25 heavy (non-hydrogen) atoms. The maximum absolute atomic E-state index is 11.9. The van der Waals surface area contributed by atoms with Crippen molar-refractivity contribution in [2.24, 2.45) is 0 Å². The highest BCUT2D eigenvalue weighted by atomic mass is 32.2. The summed E-state index contributed by atoms with van der Waals surface area (Å²) in [6.45, 7) is 2.60. The summed E-state index contributed by atoms with van der Waals surface area (Å²) in [7, 11) is -3.91. The molecule has 3 rings (SSSR count). The van der Waals surface area contributed by atoms with Crippen LogP contribution in [0, 0.1) is 0 Å². The summed E-state index contributed by atoms with van der Waals surface area (Å²) in [5.74, 6) is 0.0159. The van der Waals surface area contributed by atoms with Crippen LogP contribution in [-0.2, 0) is 26.2 Å². The molecular weight excluding hydrogens is 363 g/mol. The van der Waals surface area contributed by atoms with Gasteiger partial charge in [-0.3, -0.25) is 0 Å². The first-order valence-electron chi connectivity index (χ1n) is 7.49. The molecule has 1 spiro atoms. The fourth-order valence-corrected chi connectivity index (χ4v) is 3.25. The summed E-state index contributed by atoms with van der Waals surface area (Å²) in [5, 5.41) is 0. The third kappa shape index (κ3) is 3.80. The number of hydrogen-bond acceptors (Lipinski definition) is 5. The Hall–Kier alpha value is -1.65. The van der Waals surface area contributed by atoms with Crippen LogP contribution in [0.4, 0.5) is 13.2 Å². The smallest absolute Gasteiger partial charge is 0.485 e. The molecule has 0 bridgehead atoms. The second-order valence-corrected chi connectivity index (χ2v) is 7.70. The van der Waals surface area contributed by atoms with E-state index in [-0.39, 0.29) is 11.5 Å². The van der Waals surface area contributed by atoms with Crippen LogP contribution in [0.3, 0.4) is 0 Å². The first-order chi connectivity index (χ1) is 11.4. The molecule has 2 heterocycles. The molecule has 0 saturated carbocycles. The molecule has 2 unspecified atom stereocenters. The van der Waals surface area contributed by atoms with E-state index in [1.54, 1.807) is 0 Å². The van der Waals surface area contributed by atoms with E-state index in [4.69, 9.17) is 17.7 Å². The van der Waals surface area contributed by atoms with Gasteiger partial charge in [0.1, 0.15) is 6.54 Å². The monoisotopic (exact) mass is 381 g/mol. The number of likely N-dealkylation sites (N-methyl/N-ethyl adjacent to an activating group) is 1. The number of halogens is 3. The number of carbonyl (C=O) groups excluding carboxylic acids is 1. The fourth-order valence-electron chi connectivity index (χ4n) is 3.25. The Kier molecular flexibility index (Phi) is 5.18. The third-order valence-corrected chi connectivity index (χ3v) is 5.41. The summed E-state index contributed by atoms with van der Waals surface area (Å²) in [5.41, 5.74) is -4.59. The minimum absolute atomic E-state index is 0.0159. The lowest BCUT2D eigenvalue weighted by atomic mass is 9.79. The van der Waals surface area contributed by atoms with Gasteiger partial charge < -0.3 is 13.8 Å². The number of hydrogen-bond donors (Lipinski definition) is 0. The Bertz CT molecular complexity index is 737. The average molecular weight is 381 g/mol. The number of ether oxygens (including phenoxy) is 1. The van der Waals surface area contributed by atoms with E-state index in [1.165, 1.54) is 5.56 Å². The third-order valence-electron chi connectivity index (χ3n) is 4.84. The summed E-state index contributed by atoms with van der Waals surface area (Å²) >= 11 is 0. The van der Waals surface area contributed by atoms with Gasteiger partial charge in [0, 0.05) is 12.0 Å². The Morgan fingerprint density at radius 2 is 1.80 bits per heavy atom. The topological polar surface area (TPSA) is 83.5 Å². The quantitative estimate of drug-likeness (QED) is 0.337. The number of benzene rings is 1. The molecule has 0 aromatic heterocycles. The maximum Gasteiger partial charge on any atom is 0.485 e. The van der Waals surface area contributed by atoms with Crippen LogP contribution in [0.25, 0.3) is 0 Å². The van der Waals surface area contributed by atoms with Gasteiger partial charge in [-0.05, 0) is 0 Å². The van der Waals surface area contributed by atoms with Crippen molar-refractivity contribution in [2.45, 2.75) is 30.4 Å². The second-order valence-electron chi connectivity index (χ2n) is 6.33. The molecule has 2 aliphatic heterocycles. The van der Waals surface area contributed by atoms with E-state index in [0.717, 1.165) is 30.4 Å². The van der Waals surface area contributed by atoms with E-state index in [9.17, 15) is 18.0 Å². The number of cyclic esters (lactones) is 1. The Balaban J connectivity index is 0.000000242. The van der Waals surface area contributed by atoms with Crippen LogP contribution >= 0.6 is 0 Å². The highest BCUT2D eigenvalue weighted by Crippen LogP contribution is 2.45. The van der Waals surface area contributed by atoms with Gasteiger partial charge in [0.05, 0.1) is 26.6 Å².